The number of halogens is 3. The zero-order chi connectivity index (χ0) is 21.3. The van der Waals surface area contributed by atoms with Gasteiger partial charge < -0.3 is 10.1 Å². The Morgan fingerprint density at radius 2 is 1.77 bits per heavy atom. The van der Waals surface area contributed by atoms with Gasteiger partial charge in [-0.3, -0.25) is 4.79 Å². The fourth-order valence-corrected chi connectivity index (χ4v) is 2.96. The Kier molecular flexibility index (Phi) is 4.86. The summed E-state index contributed by atoms with van der Waals surface area (Å²) in [6, 6.07) is 14.7. The van der Waals surface area contributed by atoms with Crippen molar-refractivity contribution in [3.8, 4) is 17.1 Å². The van der Waals surface area contributed by atoms with E-state index in [2.05, 4.69) is 15.4 Å². The van der Waals surface area contributed by atoms with Crippen LogP contribution in [0.1, 0.15) is 15.9 Å². The van der Waals surface area contributed by atoms with Crippen LogP contribution in [0, 0.1) is 0 Å². The normalized spacial score (nSPS) is 11.5. The number of hydrogen-bond acceptors (Lipinski definition) is 4. The number of alkyl halides is 3. The third-order valence-electron chi connectivity index (χ3n) is 4.42. The van der Waals surface area contributed by atoms with Crippen molar-refractivity contribution in [1.82, 2.24) is 14.6 Å². The van der Waals surface area contributed by atoms with E-state index in [-0.39, 0.29) is 0 Å². The molecule has 4 rings (SSSR count). The summed E-state index contributed by atoms with van der Waals surface area (Å²) in [5.74, 6) is -0.386. The van der Waals surface area contributed by atoms with Crippen LogP contribution < -0.4 is 10.1 Å². The number of carbonyl (C=O) groups excluding carboxylic acids is 1. The predicted molar refractivity (Wildman–Crippen MR) is 104 cm³/mol. The Labute approximate surface area is 168 Å². The van der Waals surface area contributed by atoms with Crippen molar-refractivity contribution >= 4 is 17.2 Å². The van der Waals surface area contributed by atoms with Gasteiger partial charge in [-0.25, -0.2) is 9.50 Å². The summed E-state index contributed by atoms with van der Waals surface area (Å²) in [7, 11) is 1.52. The highest BCUT2D eigenvalue weighted by atomic mass is 19.4. The molecular formula is C21H15F3N4O2. The van der Waals surface area contributed by atoms with Crippen LogP contribution >= 0.6 is 0 Å². The molecule has 0 atom stereocenters. The first-order valence-electron chi connectivity index (χ1n) is 8.83. The van der Waals surface area contributed by atoms with Crippen LogP contribution in [-0.2, 0) is 6.18 Å². The van der Waals surface area contributed by atoms with E-state index in [1.807, 2.05) is 0 Å². The highest BCUT2D eigenvalue weighted by molar-refractivity contribution is 6.05. The molecule has 152 valence electrons. The Morgan fingerprint density at radius 3 is 2.47 bits per heavy atom. The highest BCUT2D eigenvalue weighted by Crippen LogP contribution is 2.32. The first-order chi connectivity index (χ1) is 14.3. The number of amides is 1. The summed E-state index contributed by atoms with van der Waals surface area (Å²) in [4.78, 5) is 16.8. The monoisotopic (exact) mass is 412 g/mol. The molecule has 0 spiro atoms. The van der Waals surface area contributed by atoms with Gasteiger partial charge in [0.15, 0.2) is 5.65 Å². The van der Waals surface area contributed by atoms with Crippen molar-refractivity contribution in [1.29, 1.82) is 0 Å². The summed E-state index contributed by atoms with van der Waals surface area (Å²) in [6.07, 6.45) is -2.89. The molecule has 4 aromatic rings. The topological polar surface area (TPSA) is 68.5 Å². The first kappa shape index (κ1) is 19.4. The molecule has 0 saturated heterocycles. The lowest BCUT2D eigenvalue weighted by atomic mass is 10.1. The zero-order valence-corrected chi connectivity index (χ0v) is 15.6. The van der Waals surface area contributed by atoms with E-state index in [0.29, 0.717) is 22.9 Å². The van der Waals surface area contributed by atoms with E-state index in [1.165, 1.54) is 19.2 Å². The zero-order valence-electron chi connectivity index (χ0n) is 15.6. The lowest BCUT2D eigenvalue weighted by Gasteiger charge is -2.12. The molecule has 0 fully saturated rings. The molecule has 0 bridgehead atoms. The highest BCUT2D eigenvalue weighted by Gasteiger charge is 2.34. The van der Waals surface area contributed by atoms with Crippen LogP contribution in [0.3, 0.4) is 0 Å². The average Bonchev–Trinajstić information content (AvgIpc) is 3.17. The minimum atomic E-state index is -4.61. The summed E-state index contributed by atoms with van der Waals surface area (Å²) in [5, 5.41) is 6.74. The van der Waals surface area contributed by atoms with Crippen LogP contribution in [-0.4, -0.2) is 27.6 Å². The number of ether oxygens (including phenoxy) is 1. The van der Waals surface area contributed by atoms with Gasteiger partial charge in [0.05, 0.1) is 30.1 Å². The van der Waals surface area contributed by atoms with Gasteiger partial charge >= 0.3 is 6.18 Å². The molecule has 9 heteroatoms. The maximum Gasteiger partial charge on any atom is 0.417 e. The number of rotatable bonds is 4. The number of benzene rings is 2. The second-order valence-corrected chi connectivity index (χ2v) is 6.38. The van der Waals surface area contributed by atoms with Gasteiger partial charge in [-0.05, 0) is 30.3 Å². The van der Waals surface area contributed by atoms with E-state index >= 15 is 0 Å². The third kappa shape index (κ3) is 3.82. The largest absolute Gasteiger partial charge is 0.480 e. The van der Waals surface area contributed by atoms with E-state index in [1.54, 1.807) is 47.1 Å². The smallest absolute Gasteiger partial charge is 0.417 e. The van der Waals surface area contributed by atoms with E-state index in [0.717, 1.165) is 17.7 Å². The van der Waals surface area contributed by atoms with Crippen LogP contribution in [0.4, 0.5) is 18.9 Å². The summed E-state index contributed by atoms with van der Waals surface area (Å²) < 4.78 is 46.0. The van der Waals surface area contributed by atoms with Crippen LogP contribution in [0.15, 0.2) is 66.9 Å². The number of nitrogens with zero attached hydrogens (tertiary/aromatic N) is 3. The molecule has 6 nitrogen and oxygen atoms in total. The number of aromatic nitrogens is 3. The summed E-state index contributed by atoms with van der Waals surface area (Å²) in [6.45, 7) is 0. The maximum absolute atomic E-state index is 13.1. The summed E-state index contributed by atoms with van der Waals surface area (Å²) >= 11 is 0. The number of nitrogens with one attached hydrogen (secondary N) is 1. The Bertz CT molecular complexity index is 1220. The molecular weight excluding hydrogens is 397 g/mol. The lowest BCUT2D eigenvalue weighted by Crippen LogP contribution is -2.18. The first-order valence-corrected chi connectivity index (χ1v) is 8.83. The van der Waals surface area contributed by atoms with Gasteiger partial charge in [-0.2, -0.15) is 13.2 Å². The van der Waals surface area contributed by atoms with Gasteiger partial charge in [0.25, 0.3) is 5.91 Å². The molecule has 0 unspecified atom stereocenters. The molecule has 2 aromatic heterocycles. The molecule has 2 aromatic carbocycles. The lowest BCUT2D eigenvalue weighted by molar-refractivity contribution is -0.137. The number of fused-ring (bicyclic) bond motifs is 1. The molecule has 1 N–H and O–H groups in total. The Hall–Kier alpha value is -3.88. The molecule has 0 aliphatic heterocycles. The van der Waals surface area contributed by atoms with Crippen molar-refractivity contribution in [2.45, 2.75) is 6.18 Å². The van der Waals surface area contributed by atoms with Crippen molar-refractivity contribution in [3.05, 3.63) is 78.0 Å². The summed E-state index contributed by atoms with van der Waals surface area (Å²) in [5.41, 5.74) is 0.988. The van der Waals surface area contributed by atoms with Crippen LogP contribution in [0.25, 0.3) is 16.9 Å². The van der Waals surface area contributed by atoms with Crippen molar-refractivity contribution in [2.24, 2.45) is 0 Å². The standard InChI is InChI=1S/C21H15F3N4O2/c1-30-19-11-10-18-26-17(12-28(18)27-19)13-6-8-14(9-7-13)25-20(29)15-4-2-3-5-16(15)21(22,23)24/h2-12H,1H3,(H,25,29). The minimum absolute atomic E-state index is 0.365. The number of imidazole rings is 1. The maximum atomic E-state index is 13.1. The van der Waals surface area contributed by atoms with Crippen LogP contribution in [0.5, 0.6) is 5.88 Å². The minimum Gasteiger partial charge on any atom is -0.480 e. The average molecular weight is 412 g/mol. The van der Waals surface area contributed by atoms with E-state index in [4.69, 9.17) is 4.74 Å². The van der Waals surface area contributed by atoms with Crippen molar-refractivity contribution < 1.29 is 22.7 Å². The van der Waals surface area contributed by atoms with Crippen molar-refractivity contribution in [3.63, 3.8) is 0 Å². The van der Waals surface area contributed by atoms with Gasteiger partial charge in [0.1, 0.15) is 0 Å². The molecule has 0 saturated carbocycles. The van der Waals surface area contributed by atoms with Gasteiger partial charge in [-0.15, -0.1) is 5.10 Å². The molecule has 30 heavy (non-hydrogen) atoms. The Balaban J connectivity index is 1.55. The number of anilines is 1. The molecule has 0 aliphatic carbocycles. The number of hydrogen-bond donors (Lipinski definition) is 1. The van der Waals surface area contributed by atoms with E-state index in [9.17, 15) is 18.0 Å². The van der Waals surface area contributed by atoms with Gasteiger partial charge in [-0.1, -0.05) is 24.3 Å². The molecule has 1 amide bonds. The molecule has 0 radical (unpaired) electrons. The molecule has 0 aliphatic rings. The second kappa shape index (κ2) is 7.51. The fourth-order valence-electron chi connectivity index (χ4n) is 2.96. The Morgan fingerprint density at radius 1 is 1.03 bits per heavy atom. The number of carbonyl (C=O) groups is 1. The third-order valence-corrected chi connectivity index (χ3v) is 4.42. The number of methoxy groups -OCH3 is 1. The SMILES string of the molecule is COc1ccc2nc(-c3ccc(NC(=O)c4ccccc4C(F)(F)F)cc3)cn2n1. The molecule has 2 heterocycles. The van der Waals surface area contributed by atoms with Crippen LogP contribution in [0.2, 0.25) is 0 Å². The quantitative estimate of drug-likeness (QED) is 0.529. The predicted octanol–water partition coefficient (Wildman–Crippen LogP) is 4.68. The van der Waals surface area contributed by atoms with E-state index < -0.39 is 23.2 Å². The van der Waals surface area contributed by atoms with Crippen molar-refractivity contribution in [2.75, 3.05) is 12.4 Å². The fraction of sp³-hybridized carbons (Fsp3) is 0.0952. The van der Waals surface area contributed by atoms with Gasteiger partial charge in [0, 0.05) is 17.3 Å². The van der Waals surface area contributed by atoms with Gasteiger partial charge in [0.2, 0.25) is 5.88 Å². The second-order valence-electron chi connectivity index (χ2n) is 6.38.